The molecular weight excluding hydrogens is 286 g/mol. The minimum Gasteiger partial charge on any atom is -0.367 e. The number of hydrogen-bond acceptors (Lipinski definition) is 5. The van der Waals surface area contributed by atoms with Gasteiger partial charge in [0.2, 0.25) is 5.95 Å². The van der Waals surface area contributed by atoms with Crippen molar-refractivity contribution < 1.29 is 10.3 Å². The van der Waals surface area contributed by atoms with Crippen LogP contribution in [0.2, 0.25) is 0 Å². The molecule has 1 heterocycles. The van der Waals surface area contributed by atoms with Gasteiger partial charge in [0.15, 0.2) is 0 Å². The minimum atomic E-state index is -1.50. The summed E-state index contributed by atoms with van der Waals surface area (Å²) in [4.78, 5) is 12.5. The van der Waals surface area contributed by atoms with Gasteiger partial charge in [-0.15, -0.1) is 15.2 Å². The Hall–Kier alpha value is -2.64. The van der Waals surface area contributed by atoms with Gasteiger partial charge in [-0.2, -0.15) is 4.98 Å². The third kappa shape index (κ3) is 5.78. The van der Waals surface area contributed by atoms with E-state index in [4.69, 9.17) is 21.1 Å². The highest BCUT2D eigenvalue weighted by Crippen LogP contribution is 2.22. The molecule has 120 valence electrons. The van der Waals surface area contributed by atoms with Gasteiger partial charge in [0, 0.05) is 5.92 Å². The van der Waals surface area contributed by atoms with E-state index in [1.165, 1.54) is 11.1 Å². The summed E-state index contributed by atoms with van der Waals surface area (Å²) >= 11 is 0. The normalized spacial score (nSPS) is 11.6. The number of anilines is 1. The molecule has 0 amide bonds. The summed E-state index contributed by atoms with van der Waals surface area (Å²) in [6.07, 6.45) is 1.11. The zero-order valence-electron chi connectivity index (χ0n) is 12.9. The van der Waals surface area contributed by atoms with Crippen LogP contribution in [-0.2, 0) is 6.42 Å². The summed E-state index contributed by atoms with van der Waals surface area (Å²) < 4.78 is 0. The van der Waals surface area contributed by atoms with Crippen LogP contribution in [0, 0.1) is 16.0 Å². The highest BCUT2D eigenvalue weighted by molar-refractivity contribution is 5.29. The topological polar surface area (TPSA) is 131 Å². The lowest BCUT2D eigenvalue weighted by Crippen LogP contribution is -2.00. The number of nitrogens with two attached hydrogens (primary N) is 1. The quantitative estimate of drug-likeness (QED) is 0.587. The molecule has 0 aliphatic rings. The van der Waals surface area contributed by atoms with Crippen LogP contribution in [0.25, 0.3) is 0 Å². The molecule has 1 aromatic heterocycles. The number of aromatic amines is 1. The molecule has 0 aliphatic heterocycles. The summed E-state index contributed by atoms with van der Waals surface area (Å²) in [5.74, 6) is 1.97. The van der Waals surface area contributed by atoms with Crippen LogP contribution in [0.1, 0.15) is 43.6 Å². The molecule has 0 aliphatic carbocycles. The van der Waals surface area contributed by atoms with Gasteiger partial charge in [-0.1, -0.05) is 45.0 Å². The van der Waals surface area contributed by atoms with E-state index in [0.29, 0.717) is 11.9 Å². The Morgan fingerprint density at radius 2 is 1.86 bits per heavy atom. The van der Waals surface area contributed by atoms with Gasteiger partial charge in [-0.3, -0.25) is 5.10 Å². The second-order valence-electron chi connectivity index (χ2n) is 5.38. The maximum atomic E-state index is 8.36. The van der Waals surface area contributed by atoms with E-state index < -0.39 is 5.09 Å². The zero-order chi connectivity index (χ0) is 16.7. The molecule has 0 radical (unpaired) electrons. The monoisotopic (exact) mass is 307 g/mol. The Balaban J connectivity index is 0.000000541. The Morgan fingerprint density at radius 1 is 1.32 bits per heavy atom. The number of nitrogen functional groups attached to an aromatic ring is 1. The molecule has 22 heavy (non-hydrogen) atoms. The van der Waals surface area contributed by atoms with Gasteiger partial charge >= 0.3 is 0 Å². The van der Waals surface area contributed by atoms with Crippen molar-refractivity contribution in [3.63, 3.8) is 0 Å². The van der Waals surface area contributed by atoms with Crippen molar-refractivity contribution in [2.24, 2.45) is 5.92 Å². The fourth-order valence-corrected chi connectivity index (χ4v) is 2.05. The van der Waals surface area contributed by atoms with Crippen LogP contribution in [0.3, 0.4) is 0 Å². The summed E-state index contributed by atoms with van der Waals surface area (Å²) in [5.41, 5.74) is 8.11. The number of hydrogen-bond donors (Lipinski definition) is 3. The summed E-state index contributed by atoms with van der Waals surface area (Å²) in [5, 5.41) is 20.4. The van der Waals surface area contributed by atoms with Crippen LogP contribution in [0.4, 0.5) is 5.95 Å². The number of nitrogens with zero attached hydrogens (tertiary/aromatic N) is 3. The fraction of sp³-hybridized carbons (Fsp3) is 0.429. The number of benzene rings is 1. The minimum absolute atomic E-state index is 0.183. The van der Waals surface area contributed by atoms with Crippen LogP contribution in [0.5, 0.6) is 0 Å². The third-order valence-corrected chi connectivity index (χ3v) is 3.05. The molecule has 0 saturated carbocycles. The molecule has 0 saturated heterocycles. The average molecular weight is 307 g/mol. The predicted octanol–water partition coefficient (Wildman–Crippen LogP) is 2.39. The lowest BCUT2D eigenvalue weighted by atomic mass is 9.96. The van der Waals surface area contributed by atoms with E-state index in [0.717, 1.165) is 12.2 Å². The molecule has 8 heteroatoms. The van der Waals surface area contributed by atoms with Crippen molar-refractivity contribution in [2.45, 2.75) is 33.1 Å². The lowest BCUT2D eigenvalue weighted by molar-refractivity contribution is -0.742. The molecule has 1 unspecified atom stereocenters. The molecule has 4 N–H and O–H groups in total. The van der Waals surface area contributed by atoms with Gasteiger partial charge in [0.1, 0.15) is 5.82 Å². The third-order valence-electron chi connectivity index (χ3n) is 3.05. The zero-order valence-corrected chi connectivity index (χ0v) is 12.9. The molecule has 2 aromatic rings. The summed E-state index contributed by atoms with van der Waals surface area (Å²) in [6, 6.07) is 8.68. The molecule has 1 atom stereocenters. The second-order valence-corrected chi connectivity index (χ2v) is 5.38. The number of nitrogens with one attached hydrogen (secondary N) is 1. The fourth-order valence-electron chi connectivity index (χ4n) is 2.05. The van der Waals surface area contributed by atoms with Crippen LogP contribution < -0.4 is 5.73 Å². The van der Waals surface area contributed by atoms with Crippen LogP contribution in [-0.4, -0.2) is 25.5 Å². The van der Waals surface area contributed by atoms with E-state index in [-0.39, 0.29) is 5.92 Å². The molecule has 0 fully saturated rings. The van der Waals surface area contributed by atoms with Crippen molar-refractivity contribution in [2.75, 3.05) is 5.73 Å². The van der Waals surface area contributed by atoms with Gasteiger partial charge in [-0.25, -0.2) is 0 Å². The largest absolute Gasteiger partial charge is 0.367 e. The Morgan fingerprint density at radius 3 is 2.27 bits per heavy atom. The van der Waals surface area contributed by atoms with E-state index in [9.17, 15) is 0 Å². The lowest BCUT2D eigenvalue weighted by Gasteiger charge is -2.10. The van der Waals surface area contributed by atoms with Crippen molar-refractivity contribution in [1.82, 2.24) is 15.2 Å². The van der Waals surface area contributed by atoms with Crippen molar-refractivity contribution >= 4 is 5.95 Å². The van der Waals surface area contributed by atoms with Crippen molar-refractivity contribution in [3.05, 3.63) is 51.3 Å². The average Bonchev–Trinajstić information content (AvgIpc) is 2.84. The van der Waals surface area contributed by atoms with Crippen molar-refractivity contribution in [3.8, 4) is 0 Å². The molecule has 8 nitrogen and oxygen atoms in total. The second kappa shape index (κ2) is 7.96. The first-order valence-electron chi connectivity index (χ1n) is 6.89. The molecule has 0 bridgehead atoms. The smallest absolute Gasteiger partial charge is 0.291 e. The molecule has 2 rings (SSSR count). The van der Waals surface area contributed by atoms with Gasteiger partial charge in [-0.05, 0) is 23.5 Å². The Kier molecular flexibility index (Phi) is 6.30. The van der Waals surface area contributed by atoms with E-state index in [2.05, 4.69) is 60.2 Å². The summed E-state index contributed by atoms with van der Waals surface area (Å²) in [7, 11) is 0. The van der Waals surface area contributed by atoms with Gasteiger partial charge in [0.05, 0.1) is 0 Å². The Labute approximate surface area is 128 Å². The number of rotatable bonds is 4. The van der Waals surface area contributed by atoms with Gasteiger partial charge < -0.3 is 10.9 Å². The maximum Gasteiger partial charge on any atom is 0.291 e. The number of H-pyrrole nitrogens is 1. The summed E-state index contributed by atoms with van der Waals surface area (Å²) in [6.45, 7) is 6.55. The first-order chi connectivity index (χ1) is 10.3. The SMILES string of the molecule is CC(C)Cc1ccc(C(C)c2nc(N)n[nH]2)cc1.O=[N+]([O-])O. The first kappa shape index (κ1) is 17.4. The van der Waals surface area contributed by atoms with E-state index >= 15 is 0 Å². The number of aromatic nitrogens is 3. The highest BCUT2D eigenvalue weighted by Gasteiger charge is 2.12. The van der Waals surface area contributed by atoms with E-state index in [1.54, 1.807) is 0 Å². The Bertz CT molecular complexity index is 591. The van der Waals surface area contributed by atoms with Crippen LogP contribution in [0.15, 0.2) is 24.3 Å². The predicted molar refractivity (Wildman–Crippen MR) is 82.1 cm³/mol. The molecule has 0 spiro atoms. The van der Waals surface area contributed by atoms with Crippen molar-refractivity contribution in [1.29, 1.82) is 0 Å². The standard InChI is InChI=1S/C14H20N4.HNO3/c1-9(2)8-11-4-6-12(7-5-11)10(3)13-16-14(15)18-17-13;2-1(3)4/h4-7,9-10H,8H2,1-3H3,(H3,15,16,17,18);(H,2,3,4). The molecule has 1 aromatic carbocycles. The first-order valence-corrected chi connectivity index (χ1v) is 6.89. The van der Waals surface area contributed by atoms with Crippen LogP contribution >= 0.6 is 0 Å². The highest BCUT2D eigenvalue weighted by atomic mass is 16.9. The van der Waals surface area contributed by atoms with Gasteiger partial charge in [0.25, 0.3) is 5.09 Å². The molecular formula is C14H21N5O3. The maximum absolute atomic E-state index is 8.36. The van der Waals surface area contributed by atoms with E-state index in [1.807, 2.05) is 0 Å².